The predicted octanol–water partition coefficient (Wildman–Crippen LogP) is 0.916. The molecule has 5 heteroatoms. The maximum atomic E-state index is 10.8. The molecule has 0 spiro atoms. The van der Waals surface area contributed by atoms with E-state index in [-0.39, 0.29) is 5.91 Å². The van der Waals surface area contributed by atoms with E-state index in [2.05, 4.69) is 20.5 Å². The number of aromatic amines is 1. The van der Waals surface area contributed by atoms with Crippen LogP contribution >= 0.6 is 0 Å². The van der Waals surface area contributed by atoms with E-state index in [9.17, 15) is 4.79 Å². The van der Waals surface area contributed by atoms with Crippen LogP contribution in [0.1, 0.15) is 6.92 Å². The minimum absolute atomic E-state index is 0.130. The number of aromatic nitrogens is 3. The van der Waals surface area contributed by atoms with Gasteiger partial charge in [-0.2, -0.15) is 5.10 Å². The lowest BCUT2D eigenvalue weighted by molar-refractivity contribution is -0.114. The Kier molecular flexibility index (Phi) is 1.70. The maximum absolute atomic E-state index is 10.8. The first-order valence-corrected chi connectivity index (χ1v) is 3.84. The lowest BCUT2D eigenvalue weighted by atomic mass is 10.3. The van der Waals surface area contributed by atoms with Crippen LogP contribution in [0, 0.1) is 0 Å². The summed E-state index contributed by atoms with van der Waals surface area (Å²) in [7, 11) is 0. The molecule has 13 heavy (non-hydrogen) atoms. The van der Waals surface area contributed by atoms with Gasteiger partial charge in [0.15, 0.2) is 5.65 Å². The molecule has 5 nitrogen and oxygen atoms in total. The average molecular weight is 176 g/mol. The van der Waals surface area contributed by atoms with Crippen LogP contribution in [0.15, 0.2) is 18.3 Å². The van der Waals surface area contributed by atoms with Crippen molar-refractivity contribution < 1.29 is 4.79 Å². The summed E-state index contributed by atoms with van der Waals surface area (Å²) in [6.45, 7) is 1.45. The summed E-state index contributed by atoms with van der Waals surface area (Å²) in [6, 6.07) is 3.64. The summed E-state index contributed by atoms with van der Waals surface area (Å²) in [5.41, 5.74) is 0.603. The number of hydrogen-bond donors (Lipinski definition) is 2. The van der Waals surface area contributed by atoms with E-state index in [1.807, 2.05) is 6.07 Å². The largest absolute Gasteiger partial charge is 0.311 e. The van der Waals surface area contributed by atoms with E-state index < -0.39 is 0 Å². The first-order chi connectivity index (χ1) is 6.27. The van der Waals surface area contributed by atoms with Gasteiger partial charge in [-0.25, -0.2) is 4.98 Å². The molecule has 0 unspecified atom stereocenters. The number of anilines is 1. The first kappa shape index (κ1) is 7.72. The molecule has 66 valence electrons. The van der Waals surface area contributed by atoms with Crippen molar-refractivity contribution in [2.75, 3.05) is 5.32 Å². The van der Waals surface area contributed by atoms with Crippen LogP contribution in [0.3, 0.4) is 0 Å². The van der Waals surface area contributed by atoms with E-state index in [0.29, 0.717) is 11.5 Å². The van der Waals surface area contributed by atoms with Gasteiger partial charge in [-0.05, 0) is 12.1 Å². The molecule has 0 saturated carbocycles. The molecule has 1 amide bonds. The quantitative estimate of drug-likeness (QED) is 0.678. The fourth-order valence-corrected chi connectivity index (χ4v) is 1.12. The van der Waals surface area contributed by atoms with Gasteiger partial charge in [0.25, 0.3) is 0 Å². The molecule has 2 aromatic heterocycles. The molecule has 0 saturated heterocycles. The number of amides is 1. The molecule has 2 rings (SSSR count). The summed E-state index contributed by atoms with van der Waals surface area (Å²) < 4.78 is 0. The second-order valence-electron chi connectivity index (χ2n) is 2.65. The molecule has 0 aliphatic heterocycles. The van der Waals surface area contributed by atoms with Gasteiger partial charge < -0.3 is 5.32 Å². The van der Waals surface area contributed by atoms with E-state index in [4.69, 9.17) is 0 Å². The van der Waals surface area contributed by atoms with Gasteiger partial charge in [-0.1, -0.05) is 0 Å². The number of nitrogens with zero attached hydrogens (tertiary/aromatic N) is 2. The van der Waals surface area contributed by atoms with E-state index >= 15 is 0 Å². The third-order valence-electron chi connectivity index (χ3n) is 1.63. The Hall–Kier alpha value is -1.91. The maximum Gasteiger partial charge on any atom is 0.222 e. The Balaban J connectivity index is 2.51. The fraction of sp³-hybridized carbons (Fsp3) is 0.125. The number of nitrogens with one attached hydrogen (secondary N) is 2. The minimum atomic E-state index is -0.130. The molecule has 0 aliphatic rings. The van der Waals surface area contributed by atoms with Crippen molar-refractivity contribution >= 4 is 22.8 Å². The Morgan fingerprint density at radius 3 is 3.23 bits per heavy atom. The van der Waals surface area contributed by atoms with Crippen molar-refractivity contribution in [2.45, 2.75) is 6.92 Å². The highest BCUT2D eigenvalue weighted by atomic mass is 16.1. The van der Waals surface area contributed by atoms with Crippen molar-refractivity contribution in [2.24, 2.45) is 0 Å². The smallest absolute Gasteiger partial charge is 0.222 e. The number of carbonyl (C=O) groups excluding carboxylic acids is 1. The zero-order valence-corrected chi connectivity index (χ0v) is 7.03. The van der Waals surface area contributed by atoms with Gasteiger partial charge in [0, 0.05) is 13.1 Å². The first-order valence-electron chi connectivity index (χ1n) is 3.84. The molecule has 0 fully saturated rings. The summed E-state index contributed by atoms with van der Waals surface area (Å²) in [4.78, 5) is 14.8. The Bertz CT molecular complexity index is 448. The van der Waals surface area contributed by atoms with Crippen LogP contribution in [0.5, 0.6) is 0 Å². The Morgan fingerprint density at radius 2 is 2.46 bits per heavy atom. The third-order valence-corrected chi connectivity index (χ3v) is 1.63. The van der Waals surface area contributed by atoms with Crippen molar-refractivity contribution in [3.63, 3.8) is 0 Å². The average Bonchev–Trinajstić information content (AvgIpc) is 2.48. The number of hydrogen-bond acceptors (Lipinski definition) is 3. The molecule has 2 heterocycles. The number of rotatable bonds is 1. The minimum Gasteiger partial charge on any atom is -0.311 e. The summed E-state index contributed by atoms with van der Waals surface area (Å²) >= 11 is 0. The van der Waals surface area contributed by atoms with Crippen LogP contribution < -0.4 is 5.32 Å². The van der Waals surface area contributed by atoms with Gasteiger partial charge >= 0.3 is 0 Å². The molecule has 2 N–H and O–H groups in total. The fourth-order valence-electron chi connectivity index (χ4n) is 1.12. The second kappa shape index (κ2) is 2.85. The van der Waals surface area contributed by atoms with Gasteiger partial charge in [0.05, 0.1) is 5.39 Å². The molecule has 0 radical (unpaired) electrons. The standard InChI is InChI=1S/C8H8N4O/c1-5(13)10-8-6-3-2-4-9-7(6)11-12-8/h2-4H,1H3,(H2,9,10,11,12,13). The normalized spacial score (nSPS) is 10.2. The van der Waals surface area contributed by atoms with Crippen LogP contribution in [0.4, 0.5) is 5.82 Å². The molecule has 2 aromatic rings. The van der Waals surface area contributed by atoms with Crippen molar-refractivity contribution in [1.29, 1.82) is 0 Å². The summed E-state index contributed by atoms with van der Waals surface area (Å²) in [6.07, 6.45) is 1.65. The van der Waals surface area contributed by atoms with Gasteiger partial charge in [-0.3, -0.25) is 9.89 Å². The number of fused-ring (bicyclic) bond motifs is 1. The van der Waals surface area contributed by atoms with E-state index in [1.54, 1.807) is 12.3 Å². The van der Waals surface area contributed by atoms with Gasteiger partial charge in [0.2, 0.25) is 5.91 Å². The third kappa shape index (κ3) is 1.35. The Labute approximate surface area is 74.2 Å². The SMILES string of the molecule is CC(=O)Nc1[nH]nc2ncccc12. The lowest BCUT2D eigenvalue weighted by Crippen LogP contribution is -2.06. The lowest BCUT2D eigenvalue weighted by Gasteiger charge is -1.96. The van der Waals surface area contributed by atoms with Crippen LogP contribution in [-0.4, -0.2) is 21.1 Å². The molecular weight excluding hydrogens is 168 g/mol. The highest BCUT2D eigenvalue weighted by molar-refractivity contribution is 5.97. The summed E-state index contributed by atoms with van der Waals surface area (Å²) in [5.74, 6) is 0.463. The molecule has 0 aromatic carbocycles. The van der Waals surface area contributed by atoms with E-state index in [0.717, 1.165) is 5.39 Å². The van der Waals surface area contributed by atoms with Crippen molar-refractivity contribution in [1.82, 2.24) is 15.2 Å². The van der Waals surface area contributed by atoms with Gasteiger partial charge in [-0.15, -0.1) is 0 Å². The van der Waals surface area contributed by atoms with Crippen molar-refractivity contribution in [3.8, 4) is 0 Å². The topological polar surface area (TPSA) is 70.7 Å². The number of carbonyl (C=O) groups is 1. The zero-order chi connectivity index (χ0) is 9.26. The molecule has 0 atom stereocenters. The van der Waals surface area contributed by atoms with Crippen molar-refractivity contribution in [3.05, 3.63) is 18.3 Å². The summed E-state index contributed by atoms with van der Waals surface area (Å²) in [5, 5.41) is 10.1. The van der Waals surface area contributed by atoms with Crippen LogP contribution in [0.25, 0.3) is 11.0 Å². The predicted molar refractivity (Wildman–Crippen MR) is 48.2 cm³/mol. The molecule has 0 aliphatic carbocycles. The second-order valence-corrected chi connectivity index (χ2v) is 2.65. The monoisotopic (exact) mass is 176 g/mol. The number of pyridine rings is 1. The number of H-pyrrole nitrogens is 1. The Morgan fingerprint density at radius 1 is 1.62 bits per heavy atom. The zero-order valence-electron chi connectivity index (χ0n) is 7.03. The van der Waals surface area contributed by atoms with Gasteiger partial charge in [0.1, 0.15) is 5.82 Å². The molecular formula is C8H8N4O. The van der Waals surface area contributed by atoms with E-state index in [1.165, 1.54) is 6.92 Å². The van der Waals surface area contributed by atoms with Crippen LogP contribution in [-0.2, 0) is 4.79 Å². The van der Waals surface area contributed by atoms with Crippen LogP contribution in [0.2, 0.25) is 0 Å². The highest BCUT2D eigenvalue weighted by Crippen LogP contribution is 2.16. The highest BCUT2D eigenvalue weighted by Gasteiger charge is 2.05. The molecule has 0 bridgehead atoms.